The van der Waals surface area contributed by atoms with Gasteiger partial charge in [0.2, 0.25) is 0 Å². The molecule has 1 aromatic carbocycles. The summed E-state index contributed by atoms with van der Waals surface area (Å²) < 4.78 is 14.8. The first kappa shape index (κ1) is 13.2. The van der Waals surface area contributed by atoms with E-state index in [4.69, 9.17) is 9.47 Å². The third kappa shape index (κ3) is 4.22. The predicted octanol–water partition coefficient (Wildman–Crippen LogP) is 1.68. The zero-order valence-corrected chi connectivity index (χ0v) is 10.3. The number of benzene rings is 1. The molecule has 0 aliphatic carbocycles. The highest BCUT2D eigenvalue weighted by molar-refractivity contribution is 5.70. The molecule has 0 aromatic heterocycles. The molecule has 0 heterocycles. The van der Waals surface area contributed by atoms with E-state index in [1.807, 2.05) is 12.1 Å². The van der Waals surface area contributed by atoms with E-state index in [1.54, 1.807) is 20.3 Å². The maximum atomic E-state index is 10.9. The third-order valence-electron chi connectivity index (χ3n) is 2.24. The first-order valence-electron chi connectivity index (χ1n) is 5.23. The van der Waals surface area contributed by atoms with Gasteiger partial charge in [0.1, 0.15) is 11.5 Å². The molecule has 0 fully saturated rings. The van der Waals surface area contributed by atoms with Crippen LogP contribution in [-0.4, -0.2) is 33.8 Å². The SMILES string of the molecule is COC(=O)CCNc1cc(OC)cc(OC)c1. The second kappa shape index (κ2) is 6.62. The maximum Gasteiger partial charge on any atom is 0.307 e. The minimum Gasteiger partial charge on any atom is -0.497 e. The van der Waals surface area contributed by atoms with Crippen molar-refractivity contribution in [1.29, 1.82) is 0 Å². The molecule has 0 saturated carbocycles. The summed E-state index contributed by atoms with van der Waals surface area (Å²) in [6.45, 7) is 0.503. The van der Waals surface area contributed by atoms with Crippen molar-refractivity contribution >= 4 is 11.7 Å². The van der Waals surface area contributed by atoms with Crippen LogP contribution in [-0.2, 0) is 9.53 Å². The molecule has 0 aliphatic rings. The van der Waals surface area contributed by atoms with Gasteiger partial charge in [-0.2, -0.15) is 0 Å². The average molecular weight is 239 g/mol. The summed E-state index contributed by atoms with van der Waals surface area (Å²) >= 11 is 0. The maximum absolute atomic E-state index is 10.9. The highest BCUT2D eigenvalue weighted by Crippen LogP contribution is 2.25. The van der Waals surface area contributed by atoms with Gasteiger partial charge in [0, 0.05) is 30.4 Å². The molecule has 0 spiro atoms. The third-order valence-corrected chi connectivity index (χ3v) is 2.24. The lowest BCUT2D eigenvalue weighted by atomic mass is 10.2. The Morgan fingerprint density at radius 3 is 2.18 bits per heavy atom. The second-order valence-electron chi connectivity index (χ2n) is 3.35. The number of ether oxygens (including phenoxy) is 3. The van der Waals surface area contributed by atoms with E-state index in [0.29, 0.717) is 24.5 Å². The Bertz CT molecular complexity index is 357. The number of carbonyl (C=O) groups is 1. The molecular formula is C12H17NO4. The standard InChI is InChI=1S/C12H17NO4/c1-15-10-6-9(7-11(8-10)16-2)13-5-4-12(14)17-3/h6-8,13H,4-5H2,1-3H3. The van der Waals surface area contributed by atoms with E-state index < -0.39 is 0 Å². The minimum atomic E-state index is -0.243. The number of hydrogen-bond donors (Lipinski definition) is 1. The van der Waals surface area contributed by atoms with Crippen molar-refractivity contribution in [3.05, 3.63) is 18.2 Å². The lowest BCUT2D eigenvalue weighted by Crippen LogP contribution is -2.09. The normalized spacial score (nSPS) is 9.59. The van der Waals surface area contributed by atoms with Crippen molar-refractivity contribution in [2.24, 2.45) is 0 Å². The Balaban J connectivity index is 2.60. The Kier molecular flexibility index (Phi) is 5.13. The van der Waals surface area contributed by atoms with Gasteiger partial charge in [-0.1, -0.05) is 0 Å². The lowest BCUT2D eigenvalue weighted by Gasteiger charge is -2.10. The van der Waals surface area contributed by atoms with E-state index in [-0.39, 0.29) is 5.97 Å². The van der Waals surface area contributed by atoms with E-state index >= 15 is 0 Å². The number of carbonyl (C=O) groups excluding carboxylic acids is 1. The van der Waals surface area contributed by atoms with Gasteiger partial charge in [-0.15, -0.1) is 0 Å². The molecule has 94 valence electrons. The summed E-state index contributed by atoms with van der Waals surface area (Å²) in [5.74, 6) is 1.15. The average Bonchev–Trinajstić information content (AvgIpc) is 2.37. The fourth-order valence-corrected chi connectivity index (χ4v) is 1.32. The molecule has 5 heteroatoms. The predicted molar refractivity (Wildman–Crippen MR) is 64.7 cm³/mol. The zero-order chi connectivity index (χ0) is 12.7. The molecule has 0 saturated heterocycles. The van der Waals surface area contributed by atoms with Gasteiger partial charge in [0.05, 0.1) is 27.8 Å². The molecule has 0 radical (unpaired) electrons. The quantitative estimate of drug-likeness (QED) is 0.765. The molecule has 0 amide bonds. The summed E-state index contributed by atoms with van der Waals surface area (Å²) in [6.07, 6.45) is 0.316. The van der Waals surface area contributed by atoms with Crippen LogP contribution in [0.3, 0.4) is 0 Å². The van der Waals surface area contributed by atoms with Crippen LogP contribution >= 0.6 is 0 Å². The van der Waals surface area contributed by atoms with Crippen molar-refractivity contribution in [3.8, 4) is 11.5 Å². The summed E-state index contributed by atoms with van der Waals surface area (Å²) in [7, 11) is 4.55. The number of nitrogens with one attached hydrogen (secondary N) is 1. The van der Waals surface area contributed by atoms with Gasteiger partial charge in [0.15, 0.2) is 0 Å². The highest BCUT2D eigenvalue weighted by atomic mass is 16.5. The van der Waals surface area contributed by atoms with E-state index in [2.05, 4.69) is 10.1 Å². The van der Waals surface area contributed by atoms with Gasteiger partial charge in [-0.3, -0.25) is 4.79 Å². The highest BCUT2D eigenvalue weighted by Gasteiger charge is 2.03. The molecule has 0 unspecified atom stereocenters. The summed E-state index contributed by atoms with van der Waals surface area (Å²) in [6, 6.07) is 5.45. The molecule has 0 atom stereocenters. The smallest absolute Gasteiger partial charge is 0.307 e. The fraction of sp³-hybridized carbons (Fsp3) is 0.417. The topological polar surface area (TPSA) is 56.8 Å². The van der Waals surface area contributed by atoms with Gasteiger partial charge in [0.25, 0.3) is 0 Å². The molecule has 0 aliphatic heterocycles. The van der Waals surface area contributed by atoms with E-state index in [1.165, 1.54) is 7.11 Å². The van der Waals surface area contributed by atoms with Gasteiger partial charge in [-0.05, 0) is 0 Å². The van der Waals surface area contributed by atoms with E-state index in [9.17, 15) is 4.79 Å². The van der Waals surface area contributed by atoms with Gasteiger partial charge >= 0.3 is 5.97 Å². The van der Waals surface area contributed by atoms with Crippen molar-refractivity contribution in [1.82, 2.24) is 0 Å². The van der Waals surface area contributed by atoms with Gasteiger partial charge < -0.3 is 19.5 Å². The van der Waals surface area contributed by atoms with Crippen LogP contribution in [0.2, 0.25) is 0 Å². The Labute approximate surface area is 101 Å². The molecular weight excluding hydrogens is 222 g/mol. The van der Waals surface area contributed by atoms with Gasteiger partial charge in [-0.25, -0.2) is 0 Å². The molecule has 5 nitrogen and oxygen atoms in total. The fourth-order valence-electron chi connectivity index (χ4n) is 1.32. The van der Waals surface area contributed by atoms with Crippen LogP contribution in [0.15, 0.2) is 18.2 Å². The Morgan fingerprint density at radius 1 is 1.12 bits per heavy atom. The molecule has 0 bridgehead atoms. The second-order valence-corrected chi connectivity index (χ2v) is 3.35. The lowest BCUT2D eigenvalue weighted by molar-refractivity contribution is -0.140. The number of anilines is 1. The zero-order valence-electron chi connectivity index (χ0n) is 10.3. The Hall–Kier alpha value is -1.91. The van der Waals surface area contributed by atoms with Crippen LogP contribution < -0.4 is 14.8 Å². The van der Waals surface area contributed by atoms with Crippen LogP contribution in [0.5, 0.6) is 11.5 Å². The van der Waals surface area contributed by atoms with Crippen LogP contribution in [0.4, 0.5) is 5.69 Å². The van der Waals surface area contributed by atoms with Crippen LogP contribution in [0, 0.1) is 0 Å². The number of hydrogen-bond acceptors (Lipinski definition) is 5. The Morgan fingerprint density at radius 2 is 1.71 bits per heavy atom. The molecule has 1 rings (SSSR count). The molecule has 1 N–H and O–H groups in total. The summed E-state index contributed by atoms with van der Waals surface area (Å²) in [5.41, 5.74) is 0.838. The molecule has 17 heavy (non-hydrogen) atoms. The van der Waals surface area contributed by atoms with Crippen molar-refractivity contribution in [2.75, 3.05) is 33.2 Å². The molecule has 1 aromatic rings. The van der Waals surface area contributed by atoms with Crippen LogP contribution in [0.1, 0.15) is 6.42 Å². The number of methoxy groups -OCH3 is 3. The van der Waals surface area contributed by atoms with E-state index in [0.717, 1.165) is 5.69 Å². The first-order valence-corrected chi connectivity index (χ1v) is 5.23. The number of rotatable bonds is 6. The van der Waals surface area contributed by atoms with Crippen LogP contribution in [0.25, 0.3) is 0 Å². The number of esters is 1. The first-order chi connectivity index (χ1) is 8.19. The van der Waals surface area contributed by atoms with Crippen molar-refractivity contribution in [3.63, 3.8) is 0 Å². The largest absolute Gasteiger partial charge is 0.497 e. The minimum absolute atomic E-state index is 0.243. The summed E-state index contributed by atoms with van der Waals surface area (Å²) in [4.78, 5) is 10.9. The van der Waals surface area contributed by atoms with Crippen molar-refractivity contribution in [2.45, 2.75) is 6.42 Å². The monoisotopic (exact) mass is 239 g/mol. The van der Waals surface area contributed by atoms with Crippen molar-refractivity contribution < 1.29 is 19.0 Å². The summed E-state index contributed by atoms with van der Waals surface area (Å²) in [5, 5.41) is 3.10.